The fraction of sp³-hybridized carbons (Fsp3) is 0.133. The molecule has 0 aliphatic carbocycles. The zero-order valence-electron chi connectivity index (χ0n) is 9.97. The second kappa shape index (κ2) is 4.53. The van der Waals surface area contributed by atoms with Gasteiger partial charge in [-0.3, -0.25) is 0 Å². The minimum absolute atomic E-state index is 0.0441. The molecule has 0 radical (unpaired) electrons. The summed E-state index contributed by atoms with van der Waals surface area (Å²) < 4.78 is 0. The van der Waals surface area contributed by atoms with Crippen LogP contribution < -0.4 is 5.32 Å². The summed E-state index contributed by atoms with van der Waals surface area (Å²) >= 11 is 0. The Morgan fingerprint density at radius 1 is 0.889 bits per heavy atom. The molecule has 1 heterocycles. The van der Waals surface area contributed by atoms with E-state index >= 15 is 0 Å². The second-order valence-electron chi connectivity index (χ2n) is 4.42. The van der Waals surface area contributed by atoms with E-state index in [1.165, 1.54) is 11.1 Å². The number of hydrogen-bond donors (Lipinski definition) is 1. The number of nitrogens with one attached hydrogen (secondary N) is 1. The fourth-order valence-electron chi connectivity index (χ4n) is 2.20. The highest BCUT2D eigenvalue weighted by Gasteiger charge is 2.22. The topological polar surface area (TPSA) is 32.3 Å². The predicted molar refractivity (Wildman–Crippen MR) is 71.1 cm³/mol. The van der Waals surface area contributed by atoms with Gasteiger partial charge in [0.25, 0.3) is 0 Å². The quantitative estimate of drug-likeness (QED) is 0.812. The van der Waals surface area contributed by atoms with E-state index in [2.05, 4.69) is 17.4 Å². The molecule has 0 saturated carbocycles. The van der Waals surface area contributed by atoms with Gasteiger partial charge in [0.2, 0.25) is 0 Å². The molecule has 3 rings (SSSR count). The average Bonchev–Trinajstić information content (AvgIpc) is 2.84. The number of carbonyl (C=O) groups is 1. The molecule has 1 aliphatic heterocycles. The number of urea groups is 1. The molecule has 0 aromatic heterocycles. The van der Waals surface area contributed by atoms with Crippen LogP contribution in [0.25, 0.3) is 0 Å². The van der Waals surface area contributed by atoms with Crippen LogP contribution in [-0.2, 0) is 13.1 Å². The van der Waals surface area contributed by atoms with Gasteiger partial charge in [-0.15, -0.1) is 0 Å². The van der Waals surface area contributed by atoms with Gasteiger partial charge >= 0.3 is 6.03 Å². The highest BCUT2D eigenvalue weighted by atomic mass is 16.2. The van der Waals surface area contributed by atoms with Gasteiger partial charge < -0.3 is 10.2 Å². The first-order valence-electron chi connectivity index (χ1n) is 6.01. The van der Waals surface area contributed by atoms with E-state index in [-0.39, 0.29) is 6.03 Å². The number of amides is 2. The van der Waals surface area contributed by atoms with Gasteiger partial charge in [-0.05, 0) is 23.3 Å². The first kappa shape index (κ1) is 10.8. The van der Waals surface area contributed by atoms with Gasteiger partial charge in [-0.1, -0.05) is 42.5 Å². The average molecular weight is 238 g/mol. The normalized spacial score (nSPS) is 13.2. The molecule has 0 unspecified atom stereocenters. The molecule has 2 amide bonds. The summed E-state index contributed by atoms with van der Waals surface area (Å²) in [7, 11) is 0. The maximum atomic E-state index is 12.1. The SMILES string of the molecule is O=C(Nc1ccccc1)N1Cc2ccccc2C1. The van der Waals surface area contributed by atoms with E-state index < -0.39 is 0 Å². The van der Waals surface area contributed by atoms with E-state index in [0.717, 1.165) is 5.69 Å². The van der Waals surface area contributed by atoms with Crippen LogP contribution >= 0.6 is 0 Å². The van der Waals surface area contributed by atoms with Crippen molar-refractivity contribution >= 4 is 11.7 Å². The van der Waals surface area contributed by atoms with Crippen molar-refractivity contribution in [2.45, 2.75) is 13.1 Å². The maximum absolute atomic E-state index is 12.1. The molecule has 3 nitrogen and oxygen atoms in total. The van der Waals surface area contributed by atoms with Crippen molar-refractivity contribution in [3.63, 3.8) is 0 Å². The molecular weight excluding hydrogens is 224 g/mol. The Morgan fingerprint density at radius 3 is 2.06 bits per heavy atom. The van der Waals surface area contributed by atoms with Crippen molar-refractivity contribution < 1.29 is 4.79 Å². The summed E-state index contributed by atoms with van der Waals surface area (Å²) in [5.74, 6) is 0. The van der Waals surface area contributed by atoms with Crippen molar-refractivity contribution in [3.05, 3.63) is 65.7 Å². The third-order valence-electron chi connectivity index (χ3n) is 3.15. The smallest absolute Gasteiger partial charge is 0.316 e. The van der Waals surface area contributed by atoms with E-state index in [0.29, 0.717) is 13.1 Å². The summed E-state index contributed by atoms with van der Waals surface area (Å²) in [4.78, 5) is 13.9. The number of benzene rings is 2. The lowest BCUT2D eigenvalue weighted by Gasteiger charge is -2.16. The third-order valence-corrected chi connectivity index (χ3v) is 3.15. The molecule has 18 heavy (non-hydrogen) atoms. The van der Waals surface area contributed by atoms with Crippen LogP contribution in [0.5, 0.6) is 0 Å². The Labute approximate surface area is 106 Å². The summed E-state index contributed by atoms with van der Waals surface area (Å²) in [6, 6.07) is 17.7. The third kappa shape index (κ3) is 2.07. The molecule has 3 heteroatoms. The molecular formula is C15H14N2O. The molecule has 1 N–H and O–H groups in total. The first-order chi connectivity index (χ1) is 8.83. The number of fused-ring (bicyclic) bond motifs is 1. The van der Waals surface area contributed by atoms with Crippen LogP contribution in [0.4, 0.5) is 10.5 Å². The zero-order valence-corrected chi connectivity index (χ0v) is 9.97. The Balaban J connectivity index is 1.70. The van der Waals surface area contributed by atoms with E-state index in [9.17, 15) is 4.79 Å². The van der Waals surface area contributed by atoms with Gasteiger partial charge in [-0.2, -0.15) is 0 Å². The van der Waals surface area contributed by atoms with Crippen molar-refractivity contribution in [1.29, 1.82) is 0 Å². The Kier molecular flexibility index (Phi) is 2.73. The van der Waals surface area contributed by atoms with Crippen LogP contribution in [0.15, 0.2) is 54.6 Å². The molecule has 0 fully saturated rings. The molecule has 0 spiro atoms. The number of rotatable bonds is 1. The monoisotopic (exact) mass is 238 g/mol. The lowest BCUT2D eigenvalue weighted by molar-refractivity contribution is 0.212. The standard InChI is InChI=1S/C15H14N2O/c18-15(16-14-8-2-1-3-9-14)17-10-12-6-4-5-7-13(12)11-17/h1-9H,10-11H2,(H,16,18). The largest absolute Gasteiger partial charge is 0.322 e. The summed E-state index contributed by atoms with van der Waals surface area (Å²) in [5.41, 5.74) is 3.31. The minimum Gasteiger partial charge on any atom is -0.316 e. The highest BCUT2D eigenvalue weighted by Crippen LogP contribution is 2.22. The molecule has 2 aromatic carbocycles. The number of anilines is 1. The van der Waals surface area contributed by atoms with Crippen molar-refractivity contribution in [2.75, 3.05) is 5.32 Å². The number of nitrogens with zero attached hydrogens (tertiary/aromatic N) is 1. The van der Waals surface area contributed by atoms with Crippen LogP contribution in [-0.4, -0.2) is 10.9 Å². The maximum Gasteiger partial charge on any atom is 0.322 e. The predicted octanol–water partition coefficient (Wildman–Crippen LogP) is 3.23. The molecule has 0 bridgehead atoms. The van der Waals surface area contributed by atoms with Crippen LogP contribution in [0, 0.1) is 0 Å². The summed E-state index contributed by atoms with van der Waals surface area (Å²) in [6.07, 6.45) is 0. The van der Waals surface area contributed by atoms with Gasteiger partial charge in [0.1, 0.15) is 0 Å². The molecule has 90 valence electrons. The van der Waals surface area contributed by atoms with E-state index in [4.69, 9.17) is 0 Å². The summed E-state index contributed by atoms with van der Waals surface area (Å²) in [5, 5.41) is 2.91. The van der Waals surface area contributed by atoms with E-state index in [1.807, 2.05) is 47.4 Å². The molecule has 1 aliphatic rings. The van der Waals surface area contributed by atoms with Crippen LogP contribution in [0.3, 0.4) is 0 Å². The lowest BCUT2D eigenvalue weighted by atomic mass is 10.1. The van der Waals surface area contributed by atoms with Gasteiger partial charge in [-0.25, -0.2) is 4.79 Å². The Hall–Kier alpha value is -2.29. The number of para-hydroxylation sites is 1. The molecule has 2 aromatic rings. The van der Waals surface area contributed by atoms with Crippen molar-refractivity contribution in [3.8, 4) is 0 Å². The molecule has 0 saturated heterocycles. The lowest BCUT2D eigenvalue weighted by Crippen LogP contribution is -2.30. The minimum atomic E-state index is -0.0441. The highest BCUT2D eigenvalue weighted by molar-refractivity contribution is 5.89. The fourth-order valence-corrected chi connectivity index (χ4v) is 2.20. The molecule has 0 atom stereocenters. The van der Waals surface area contributed by atoms with Gasteiger partial charge in [0.15, 0.2) is 0 Å². The van der Waals surface area contributed by atoms with Gasteiger partial charge in [0, 0.05) is 18.8 Å². The Morgan fingerprint density at radius 2 is 1.44 bits per heavy atom. The second-order valence-corrected chi connectivity index (χ2v) is 4.42. The van der Waals surface area contributed by atoms with Gasteiger partial charge in [0.05, 0.1) is 0 Å². The van der Waals surface area contributed by atoms with Crippen molar-refractivity contribution in [1.82, 2.24) is 4.90 Å². The first-order valence-corrected chi connectivity index (χ1v) is 6.01. The number of hydrogen-bond acceptors (Lipinski definition) is 1. The van der Waals surface area contributed by atoms with E-state index in [1.54, 1.807) is 0 Å². The van der Waals surface area contributed by atoms with Crippen LogP contribution in [0.2, 0.25) is 0 Å². The number of carbonyl (C=O) groups excluding carboxylic acids is 1. The zero-order chi connectivity index (χ0) is 12.4. The summed E-state index contributed by atoms with van der Waals surface area (Å²) in [6.45, 7) is 1.38. The van der Waals surface area contributed by atoms with Crippen molar-refractivity contribution in [2.24, 2.45) is 0 Å². The van der Waals surface area contributed by atoms with Crippen LogP contribution in [0.1, 0.15) is 11.1 Å². The Bertz CT molecular complexity index is 541.